The predicted molar refractivity (Wildman–Crippen MR) is 110 cm³/mol. The minimum absolute atomic E-state index is 0.0632. The first-order valence-corrected chi connectivity index (χ1v) is 9.97. The number of methoxy groups -OCH3 is 1. The first kappa shape index (κ1) is 20.5. The zero-order valence-corrected chi connectivity index (χ0v) is 17.0. The topological polar surface area (TPSA) is 74.7 Å². The zero-order valence-electron chi connectivity index (χ0n) is 16.2. The Kier molecular flexibility index (Phi) is 6.97. The van der Waals surface area contributed by atoms with Crippen molar-refractivity contribution in [1.29, 1.82) is 0 Å². The van der Waals surface area contributed by atoms with E-state index in [-0.39, 0.29) is 19.0 Å². The molecule has 7 heteroatoms. The highest BCUT2D eigenvalue weighted by atomic mass is 32.1. The largest absolute Gasteiger partial charge is 0.497 e. The standard InChI is InChI=1S/C22H21NO5S/c1-3-20(24)15-4-10-19(11-5-15)27-13-21(25)28-12-17-14-29-22(23-17)16-6-8-18(26-2)9-7-16/h4-11,14H,3,12-13H2,1-2H3. The van der Waals surface area contributed by atoms with Crippen LogP contribution in [0.1, 0.15) is 29.4 Å². The number of ketones is 1. The minimum atomic E-state index is -0.488. The van der Waals surface area contributed by atoms with Crippen LogP contribution in [0.5, 0.6) is 11.5 Å². The minimum Gasteiger partial charge on any atom is -0.497 e. The van der Waals surface area contributed by atoms with Gasteiger partial charge in [-0.15, -0.1) is 11.3 Å². The molecule has 0 unspecified atom stereocenters. The SMILES string of the molecule is CCC(=O)c1ccc(OCC(=O)OCc2csc(-c3ccc(OC)cc3)n2)cc1. The Balaban J connectivity index is 1.47. The van der Waals surface area contributed by atoms with Crippen molar-refractivity contribution < 1.29 is 23.8 Å². The van der Waals surface area contributed by atoms with E-state index in [4.69, 9.17) is 14.2 Å². The number of hydrogen-bond acceptors (Lipinski definition) is 7. The van der Waals surface area contributed by atoms with E-state index in [1.54, 1.807) is 31.4 Å². The van der Waals surface area contributed by atoms with Gasteiger partial charge in [0.1, 0.15) is 23.1 Å². The van der Waals surface area contributed by atoms with E-state index in [1.807, 2.05) is 36.6 Å². The molecule has 0 atom stereocenters. The average Bonchev–Trinajstić information content (AvgIpc) is 3.25. The van der Waals surface area contributed by atoms with Crippen molar-refractivity contribution in [2.45, 2.75) is 20.0 Å². The molecule has 1 heterocycles. The number of ether oxygens (including phenoxy) is 3. The van der Waals surface area contributed by atoms with E-state index >= 15 is 0 Å². The second-order valence-corrected chi connectivity index (χ2v) is 6.98. The molecule has 0 radical (unpaired) electrons. The summed E-state index contributed by atoms with van der Waals surface area (Å²) in [6.45, 7) is 1.68. The van der Waals surface area contributed by atoms with Crippen molar-refractivity contribution in [2.24, 2.45) is 0 Å². The Morgan fingerprint density at radius 2 is 1.69 bits per heavy atom. The van der Waals surface area contributed by atoms with Crippen LogP contribution in [0.25, 0.3) is 10.6 Å². The summed E-state index contributed by atoms with van der Waals surface area (Å²) in [5, 5.41) is 2.70. The molecule has 0 fully saturated rings. The van der Waals surface area contributed by atoms with Crippen LogP contribution in [0.2, 0.25) is 0 Å². The Morgan fingerprint density at radius 1 is 1.00 bits per heavy atom. The Morgan fingerprint density at radius 3 is 2.34 bits per heavy atom. The van der Waals surface area contributed by atoms with Crippen molar-refractivity contribution in [3.63, 3.8) is 0 Å². The van der Waals surface area contributed by atoms with Gasteiger partial charge >= 0.3 is 5.97 Å². The molecule has 0 spiro atoms. The number of aromatic nitrogens is 1. The van der Waals surface area contributed by atoms with Gasteiger partial charge < -0.3 is 14.2 Å². The summed E-state index contributed by atoms with van der Waals surface area (Å²) < 4.78 is 15.8. The molecule has 3 rings (SSSR count). The number of Topliss-reactive ketones (excluding diaryl/α,β-unsaturated/α-hetero) is 1. The molecule has 0 aliphatic rings. The van der Waals surface area contributed by atoms with Crippen LogP contribution >= 0.6 is 11.3 Å². The first-order chi connectivity index (χ1) is 14.1. The number of thiazole rings is 1. The van der Waals surface area contributed by atoms with Crippen LogP contribution in [0.15, 0.2) is 53.9 Å². The van der Waals surface area contributed by atoms with E-state index in [0.717, 1.165) is 16.3 Å². The van der Waals surface area contributed by atoms with Crippen molar-refractivity contribution in [3.8, 4) is 22.1 Å². The van der Waals surface area contributed by atoms with Crippen molar-refractivity contribution in [1.82, 2.24) is 4.98 Å². The Labute approximate surface area is 173 Å². The van der Waals surface area contributed by atoms with Crippen LogP contribution in [-0.2, 0) is 16.1 Å². The third-order valence-corrected chi connectivity index (χ3v) is 5.06. The summed E-state index contributed by atoms with van der Waals surface area (Å²) >= 11 is 1.48. The molecular weight excluding hydrogens is 390 g/mol. The molecule has 0 saturated carbocycles. The highest BCUT2D eigenvalue weighted by molar-refractivity contribution is 7.13. The van der Waals surface area contributed by atoms with Gasteiger partial charge in [-0.25, -0.2) is 9.78 Å². The number of rotatable bonds is 9. The maximum atomic E-state index is 11.9. The maximum Gasteiger partial charge on any atom is 0.344 e. The molecule has 29 heavy (non-hydrogen) atoms. The lowest BCUT2D eigenvalue weighted by molar-refractivity contribution is -0.147. The highest BCUT2D eigenvalue weighted by Gasteiger charge is 2.10. The third-order valence-electron chi connectivity index (χ3n) is 4.12. The Bertz CT molecular complexity index is 964. The average molecular weight is 411 g/mol. The zero-order chi connectivity index (χ0) is 20.6. The van der Waals surface area contributed by atoms with Crippen LogP contribution in [0, 0.1) is 0 Å². The van der Waals surface area contributed by atoms with Gasteiger partial charge in [-0.1, -0.05) is 6.92 Å². The number of benzene rings is 2. The molecule has 2 aromatic carbocycles. The van der Waals surface area contributed by atoms with E-state index in [1.165, 1.54) is 11.3 Å². The Hall–Kier alpha value is -3.19. The first-order valence-electron chi connectivity index (χ1n) is 9.09. The van der Waals surface area contributed by atoms with E-state index in [2.05, 4.69) is 4.98 Å². The number of carbonyl (C=O) groups is 2. The lowest BCUT2D eigenvalue weighted by Gasteiger charge is -2.07. The number of esters is 1. The molecule has 0 bridgehead atoms. The fraction of sp³-hybridized carbons (Fsp3) is 0.227. The smallest absolute Gasteiger partial charge is 0.344 e. The van der Waals surface area contributed by atoms with Crippen molar-refractivity contribution in [3.05, 3.63) is 65.2 Å². The van der Waals surface area contributed by atoms with Crippen molar-refractivity contribution in [2.75, 3.05) is 13.7 Å². The predicted octanol–water partition coefficient (Wildman–Crippen LogP) is 4.53. The number of carbonyl (C=O) groups excluding carboxylic acids is 2. The number of nitrogens with zero attached hydrogens (tertiary/aromatic N) is 1. The summed E-state index contributed by atoms with van der Waals surface area (Å²) in [5.74, 6) is 0.863. The lowest BCUT2D eigenvalue weighted by atomic mass is 10.1. The molecule has 1 aromatic heterocycles. The van der Waals surface area contributed by atoms with Crippen molar-refractivity contribution >= 4 is 23.1 Å². The molecule has 0 aliphatic heterocycles. The lowest BCUT2D eigenvalue weighted by Crippen LogP contribution is -2.14. The molecule has 0 N–H and O–H groups in total. The molecular formula is C22H21NO5S. The van der Waals surface area contributed by atoms with Gasteiger partial charge in [-0.05, 0) is 48.5 Å². The molecule has 3 aromatic rings. The second kappa shape index (κ2) is 9.84. The molecule has 0 saturated heterocycles. The van der Waals surface area contributed by atoms with Gasteiger partial charge in [0.25, 0.3) is 0 Å². The quantitative estimate of drug-likeness (QED) is 0.380. The fourth-order valence-electron chi connectivity index (χ4n) is 2.52. The summed E-state index contributed by atoms with van der Waals surface area (Å²) in [6.07, 6.45) is 0.448. The molecule has 6 nitrogen and oxygen atoms in total. The fourth-order valence-corrected chi connectivity index (χ4v) is 3.33. The van der Waals surface area contributed by atoms with Gasteiger partial charge in [-0.3, -0.25) is 4.79 Å². The maximum absolute atomic E-state index is 11.9. The molecule has 150 valence electrons. The van der Waals surface area contributed by atoms with Gasteiger partial charge in [0.05, 0.1) is 12.8 Å². The third kappa shape index (κ3) is 5.65. The van der Waals surface area contributed by atoms with Gasteiger partial charge in [-0.2, -0.15) is 0 Å². The highest BCUT2D eigenvalue weighted by Crippen LogP contribution is 2.26. The van der Waals surface area contributed by atoms with Gasteiger partial charge in [0.2, 0.25) is 0 Å². The van der Waals surface area contributed by atoms with Gasteiger partial charge in [0, 0.05) is 22.9 Å². The van der Waals surface area contributed by atoms with E-state index < -0.39 is 5.97 Å². The monoisotopic (exact) mass is 411 g/mol. The van der Waals surface area contributed by atoms with Crippen LogP contribution in [-0.4, -0.2) is 30.5 Å². The molecule has 0 aliphatic carbocycles. The van der Waals surface area contributed by atoms with Crippen LogP contribution < -0.4 is 9.47 Å². The molecule has 0 amide bonds. The van der Waals surface area contributed by atoms with Crippen LogP contribution in [0.4, 0.5) is 0 Å². The summed E-state index contributed by atoms with van der Waals surface area (Å²) in [4.78, 5) is 28.0. The summed E-state index contributed by atoms with van der Waals surface area (Å²) in [5.41, 5.74) is 2.27. The summed E-state index contributed by atoms with van der Waals surface area (Å²) in [6, 6.07) is 14.3. The second-order valence-electron chi connectivity index (χ2n) is 6.12. The normalized spacial score (nSPS) is 10.4. The number of hydrogen-bond donors (Lipinski definition) is 0. The van der Waals surface area contributed by atoms with Crippen LogP contribution in [0.3, 0.4) is 0 Å². The van der Waals surface area contributed by atoms with E-state index in [9.17, 15) is 9.59 Å². The van der Waals surface area contributed by atoms with Gasteiger partial charge in [0.15, 0.2) is 12.4 Å². The van der Waals surface area contributed by atoms with E-state index in [0.29, 0.717) is 23.4 Å². The summed E-state index contributed by atoms with van der Waals surface area (Å²) in [7, 11) is 1.62.